The number of hydrogen-bond donors (Lipinski definition) is 3. The molecule has 3 N–H and O–H groups in total. The van der Waals surface area contributed by atoms with Crippen molar-refractivity contribution in [2.45, 2.75) is 68.2 Å². The van der Waals surface area contributed by atoms with Crippen LogP contribution in [0, 0.1) is 5.41 Å². The molecule has 2 aromatic rings. The van der Waals surface area contributed by atoms with Gasteiger partial charge in [-0.25, -0.2) is 8.42 Å². The summed E-state index contributed by atoms with van der Waals surface area (Å²) in [7, 11) is -6.61. The summed E-state index contributed by atoms with van der Waals surface area (Å²) in [4.78, 5) is 28.3. The van der Waals surface area contributed by atoms with E-state index in [9.17, 15) is 26.4 Å². The van der Waals surface area contributed by atoms with E-state index in [1.165, 1.54) is 24.9 Å². The van der Waals surface area contributed by atoms with Gasteiger partial charge in [0.2, 0.25) is 5.91 Å². The lowest BCUT2D eigenvalue weighted by molar-refractivity contribution is -0.136. The molecule has 0 saturated heterocycles. The third kappa shape index (κ3) is 10.3. The van der Waals surface area contributed by atoms with Crippen molar-refractivity contribution in [3.8, 4) is 5.75 Å². The van der Waals surface area contributed by atoms with Gasteiger partial charge in [-0.3, -0.25) is 14.1 Å². The van der Waals surface area contributed by atoms with Gasteiger partial charge in [-0.05, 0) is 30.7 Å². The average molecular weight is 684 g/mol. The fourth-order valence-electron chi connectivity index (χ4n) is 5.44. The number of anilines is 1. The summed E-state index contributed by atoms with van der Waals surface area (Å²) < 4.78 is 65.0. The number of benzene rings is 2. The van der Waals surface area contributed by atoms with E-state index < -0.39 is 50.2 Å². The molecule has 0 aromatic heterocycles. The number of carbonyl (C=O) groups excluding carboxylic acids is 2. The molecule has 2 aromatic carbocycles. The molecule has 0 aliphatic carbocycles. The zero-order valence-corrected chi connectivity index (χ0v) is 28.8. The lowest BCUT2D eigenvalue weighted by Crippen LogP contribution is -2.44. The van der Waals surface area contributed by atoms with E-state index in [1.807, 2.05) is 6.26 Å². The van der Waals surface area contributed by atoms with Crippen LogP contribution in [0.15, 0.2) is 52.3 Å². The summed E-state index contributed by atoms with van der Waals surface area (Å²) in [6, 6.07) is 10.5. The summed E-state index contributed by atoms with van der Waals surface area (Å²) in [5.74, 6) is -1.60. The number of nitrogens with one attached hydrogen (secondary N) is 2. The highest BCUT2D eigenvalue weighted by Crippen LogP contribution is 2.43. The second-order valence-corrected chi connectivity index (χ2v) is 15.9. The molecule has 1 aliphatic heterocycles. The summed E-state index contributed by atoms with van der Waals surface area (Å²) >= 11 is 1.36. The van der Waals surface area contributed by atoms with Gasteiger partial charge in [0, 0.05) is 31.6 Å². The molecule has 250 valence electrons. The Hall–Kier alpha value is -2.81. The highest BCUT2D eigenvalue weighted by Gasteiger charge is 2.39. The molecule has 1 heterocycles. The van der Waals surface area contributed by atoms with Crippen molar-refractivity contribution in [1.82, 2.24) is 10.2 Å². The van der Waals surface area contributed by atoms with Crippen molar-refractivity contribution < 1.29 is 35.7 Å². The van der Waals surface area contributed by atoms with E-state index in [0.29, 0.717) is 22.7 Å². The Labute approximate surface area is 271 Å². The zero-order chi connectivity index (χ0) is 33.3. The average Bonchev–Trinajstić information content (AvgIpc) is 3.11. The number of sulfone groups is 1. The van der Waals surface area contributed by atoms with Crippen LogP contribution in [0.4, 0.5) is 5.69 Å². The Morgan fingerprint density at radius 3 is 2.36 bits per heavy atom. The van der Waals surface area contributed by atoms with Crippen molar-refractivity contribution in [2.75, 3.05) is 49.8 Å². The SMILES string of the molecule is CCCCC1(CCCC)CNc2cc(SC)c(OCC(=O)N[C@@H](C(=O)N(C)CCS(=O)(=O)O)c3ccccc3)cc2S(=O)(=O)C1. The molecule has 0 bridgehead atoms. The molecule has 0 radical (unpaired) electrons. The quantitative estimate of drug-likeness (QED) is 0.169. The van der Waals surface area contributed by atoms with Crippen molar-refractivity contribution in [3.05, 3.63) is 48.0 Å². The number of rotatable bonds is 16. The lowest BCUT2D eigenvalue weighted by Gasteiger charge is -2.32. The molecule has 1 atom stereocenters. The molecule has 14 heteroatoms. The summed E-state index contributed by atoms with van der Waals surface area (Å²) in [5, 5.41) is 6.07. The van der Waals surface area contributed by atoms with Gasteiger partial charge in [0.25, 0.3) is 16.0 Å². The van der Waals surface area contributed by atoms with E-state index >= 15 is 0 Å². The van der Waals surface area contributed by atoms with E-state index in [-0.39, 0.29) is 28.4 Å². The predicted molar refractivity (Wildman–Crippen MR) is 177 cm³/mol. The predicted octanol–water partition coefficient (Wildman–Crippen LogP) is 4.56. The lowest BCUT2D eigenvalue weighted by atomic mass is 9.80. The first-order chi connectivity index (χ1) is 21.2. The van der Waals surface area contributed by atoms with E-state index in [4.69, 9.17) is 9.29 Å². The second kappa shape index (κ2) is 16.1. The molecule has 45 heavy (non-hydrogen) atoms. The minimum atomic E-state index is -4.30. The minimum Gasteiger partial charge on any atom is -0.483 e. The first kappa shape index (κ1) is 36.7. The molecule has 2 amide bonds. The maximum atomic E-state index is 13.8. The number of hydrogen-bond acceptors (Lipinski definition) is 9. The number of ether oxygens (including phenoxy) is 1. The fourth-order valence-corrected chi connectivity index (χ4v) is 8.60. The Balaban J connectivity index is 1.82. The van der Waals surface area contributed by atoms with E-state index in [1.54, 1.807) is 36.4 Å². The molecule has 1 aliphatic rings. The van der Waals surface area contributed by atoms with Gasteiger partial charge >= 0.3 is 0 Å². The highest BCUT2D eigenvalue weighted by molar-refractivity contribution is 7.98. The molecule has 0 saturated carbocycles. The smallest absolute Gasteiger partial charge is 0.266 e. The fraction of sp³-hybridized carbons (Fsp3) is 0.548. The van der Waals surface area contributed by atoms with Crippen LogP contribution in [0.25, 0.3) is 0 Å². The number of nitrogens with zero attached hydrogens (tertiary/aromatic N) is 1. The van der Waals surface area contributed by atoms with Crippen LogP contribution in [0.1, 0.15) is 64.0 Å². The van der Waals surface area contributed by atoms with Gasteiger partial charge in [-0.15, -0.1) is 11.8 Å². The van der Waals surface area contributed by atoms with Crippen molar-refractivity contribution in [1.29, 1.82) is 0 Å². The first-order valence-corrected chi connectivity index (χ1v) is 19.6. The number of amides is 2. The number of unbranched alkanes of at least 4 members (excludes halogenated alkanes) is 2. The van der Waals surface area contributed by atoms with Gasteiger partial charge in [-0.1, -0.05) is 69.9 Å². The van der Waals surface area contributed by atoms with Crippen molar-refractivity contribution in [3.63, 3.8) is 0 Å². The Morgan fingerprint density at radius 1 is 1.13 bits per heavy atom. The largest absolute Gasteiger partial charge is 0.483 e. The van der Waals surface area contributed by atoms with Crippen LogP contribution in [-0.2, 0) is 29.5 Å². The van der Waals surface area contributed by atoms with E-state index in [0.717, 1.165) is 43.4 Å². The van der Waals surface area contributed by atoms with Crippen LogP contribution in [0.3, 0.4) is 0 Å². The molecular formula is C31H45N3O8S3. The standard InChI is InChI=1S/C31H45N3O8S3/c1-5-7-14-31(15-8-6-2)21-32-24-18-26(43-4)25(19-27(24)44(37,38)22-31)42-20-28(35)33-29(23-12-10-9-11-13-23)30(36)34(3)16-17-45(39,40)41/h9-13,18-19,29,32H,5-8,14-17,20-22H2,1-4H3,(H,33,35)(H,39,40,41)/t29-/m1/s1. The molecule has 0 unspecified atom stereocenters. The number of fused-ring (bicyclic) bond motifs is 1. The van der Waals surface area contributed by atoms with Gasteiger partial charge in [0.15, 0.2) is 16.4 Å². The normalized spacial score (nSPS) is 16.0. The monoisotopic (exact) mass is 683 g/mol. The van der Waals surface area contributed by atoms with Gasteiger partial charge in [0.1, 0.15) is 11.8 Å². The Kier molecular flexibility index (Phi) is 13.2. The first-order valence-electron chi connectivity index (χ1n) is 15.1. The molecular weight excluding hydrogens is 639 g/mol. The molecule has 3 rings (SSSR count). The minimum absolute atomic E-state index is 0.0322. The van der Waals surface area contributed by atoms with Crippen LogP contribution in [0.2, 0.25) is 0 Å². The molecule has 11 nitrogen and oxygen atoms in total. The van der Waals surface area contributed by atoms with Crippen LogP contribution >= 0.6 is 11.8 Å². The maximum Gasteiger partial charge on any atom is 0.266 e. The van der Waals surface area contributed by atoms with E-state index in [2.05, 4.69) is 24.5 Å². The summed E-state index contributed by atoms with van der Waals surface area (Å²) in [6.45, 7) is 3.99. The van der Waals surface area contributed by atoms with Crippen LogP contribution in [0.5, 0.6) is 5.75 Å². The zero-order valence-electron chi connectivity index (χ0n) is 26.4. The maximum absolute atomic E-state index is 13.8. The Morgan fingerprint density at radius 2 is 1.78 bits per heavy atom. The number of likely N-dealkylation sites (N-methyl/N-ethyl adjacent to an activating group) is 1. The molecule has 0 spiro atoms. The van der Waals surface area contributed by atoms with Crippen molar-refractivity contribution >= 4 is 49.2 Å². The Bertz CT molecular complexity index is 1520. The van der Waals surface area contributed by atoms with Gasteiger partial charge in [0.05, 0.1) is 27.0 Å². The third-order valence-electron chi connectivity index (χ3n) is 7.98. The topological polar surface area (TPSA) is 159 Å². The van der Waals surface area contributed by atoms with Crippen LogP contribution < -0.4 is 15.4 Å². The molecule has 0 fully saturated rings. The van der Waals surface area contributed by atoms with Gasteiger partial charge in [-0.2, -0.15) is 8.42 Å². The highest BCUT2D eigenvalue weighted by atomic mass is 32.2. The third-order valence-corrected chi connectivity index (χ3v) is 11.4. The summed E-state index contributed by atoms with van der Waals surface area (Å²) in [5.41, 5.74) is 0.613. The second-order valence-electron chi connectivity index (χ2n) is 11.6. The van der Waals surface area contributed by atoms with Crippen LogP contribution in [-0.4, -0.2) is 82.6 Å². The summed E-state index contributed by atoms with van der Waals surface area (Å²) in [6.07, 6.45) is 7.31. The number of carbonyl (C=O) groups is 2. The van der Waals surface area contributed by atoms with Gasteiger partial charge < -0.3 is 20.3 Å². The number of thioether (sulfide) groups is 1. The van der Waals surface area contributed by atoms with Crippen molar-refractivity contribution in [2.24, 2.45) is 5.41 Å².